The molecule has 1 heterocycles. The maximum Gasteiger partial charge on any atom is 0.266 e. The summed E-state index contributed by atoms with van der Waals surface area (Å²) >= 11 is 7.37. The summed E-state index contributed by atoms with van der Waals surface area (Å²) in [5.41, 5.74) is 1.05. The van der Waals surface area contributed by atoms with E-state index in [0.717, 1.165) is 19.3 Å². The van der Waals surface area contributed by atoms with Crippen molar-refractivity contribution in [3.63, 3.8) is 0 Å². The second kappa shape index (κ2) is 9.75. The van der Waals surface area contributed by atoms with Gasteiger partial charge in [-0.15, -0.1) is 0 Å². The predicted molar refractivity (Wildman–Crippen MR) is 116 cm³/mol. The van der Waals surface area contributed by atoms with Crippen LogP contribution in [0.15, 0.2) is 58.5 Å². The van der Waals surface area contributed by atoms with Gasteiger partial charge < -0.3 is 5.32 Å². The summed E-state index contributed by atoms with van der Waals surface area (Å²) in [6, 6.07) is 14.3. The molecule has 0 unspecified atom stereocenters. The minimum Gasteiger partial charge on any atom is -0.355 e. The molecule has 0 aliphatic rings. The minimum absolute atomic E-state index is 0.0684. The van der Waals surface area contributed by atoms with Gasteiger partial charge in [-0.25, -0.2) is 4.98 Å². The number of para-hydroxylation sites is 1. The molecule has 0 aliphatic carbocycles. The first-order valence-corrected chi connectivity index (χ1v) is 10.6. The molecule has 1 N–H and O–H groups in total. The molecule has 28 heavy (non-hydrogen) atoms. The fourth-order valence-corrected chi connectivity index (χ4v) is 3.86. The number of benzene rings is 2. The third kappa shape index (κ3) is 4.94. The van der Waals surface area contributed by atoms with E-state index in [0.29, 0.717) is 33.3 Å². The lowest BCUT2D eigenvalue weighted by Gasteiger charge is -2.13. The Kier molecular flexibility index (Phi) is 7.12. The molecular formula is C21H22ClN3O2S. The fraction of sp³-hybridized carbons (Fsp3) is 0.286. The van der Waals surface area contributed by atoms with Crippen LogP contribution in [-0.4, -0.2) is 27.8 Å². The Balaban J connectivity index is 1.91. The molecule has 3 aromatic rings. The first-order valence-electron chi connectivity index (χ1n) is 9.27. The molecule has 0 spiro atoms. The molecule has 0 aliphatic heterocycles. The second-order valence-corrected chi connectivity index (χ2v) is 7.76. The zero-order valence-corrected chi connectivity index (χ0v) is 17.2. The van der Waals surface area contributed by atoms with Crippen LogP contribution < -0.4 is 10.9 Å². The van der Waals surface area contributed by atoms with Crippen LogP contribution >= 0.6 is 23.4 Å². The number of fused-ring (bicyclic) bond motifs is 1. The summed E-state index contributed by atoms with van der Waals surface area (Å²) in [5, 5.41) is 4.43. The zero-order valence-electron chi connectivity index (χ0n) is 15.7. The van der Waals surface area contributed by atoms with Gasteiger partial charge in [0.1, 0.15) is 0 Å². The van der Waals surface area contributed by atoms with E-state index in [-0.39, 0.29) is 17.2 Å². The molecule has 5 nitrogen and oxygen atoms in total. The Morgan fingerprint density at radius 3 is 2.79 bits per heavy atom. The molecule has 3 rings (SSSR count). The van der Waals surface area contributed by atoms with Crippen LogP contribution in [0.25, 0.3) is 16.6 Å². The van der Waals surface area contributed by atoms with Crippen molar-refractivity contribution in [3.8, 4) is 5.69 Å². The summed E-state index contributed by atoms with van der Waals surface area (Å²) in [6.45, 7) is 2.79. The van der Waals surface area contributed by atoms with Crippen molar-refractivity contribution in [1.29, 1.82) is 0 Å². The zero-order chi connectivity index (χ0) is 19.9. The van der Waals surface area contributed by atoms with Gasteiger partial charge in [-0.3, -0.25) is 14.2 Å². The number of carbonyl (C=O) groups is 1. The van der Waals surface area contributed by atoms with E-state index < -0.39 is 0 Å². The number of aromatic nitrogens is 2. The number of hydrogen-bond acceptors (Lipinski definition) is 4. The van der Waals surface area contributed by atoms with Crippen LogP contribution in [0.1, 0.15) is 26.2 Å². The summed E-state index contributed by atoms with van der Waals surface area (Å²) in [4.78, 5) is 29.9. The van der Waals surface area contributed by atoms with Gasteiger partial charge in [0.25, 0.3) is 5.56 Å². The first kappa shape index (κ1) is 20.4. The SMILES string of the molecule is CCCCCNC(=O)CSc1nc2ccccc2c(=O)n1-c1cccc(Cl)c1. The van der Waals surface area contributed by atoms with Gasteiger partial charge in [0.15, 0.2) is 5.16 Å². The second-order valence-electron chi connectivity index (χ2n) is 6.38. The molecule has 0 fully saturated rings. The quantitative estimate of drug-likeness (QED) is 0.335. The first-order chi connectivity index (χ1) is 13.6. The van der Waals surface area contributed by atoms with Crippen molar-refractivity contribution in [3.05, 3.63) is 63.9 Å². The molecule has 1 aromatic heterocycles. The van der Waals surface area contributed by atoms with Gasteiger partial charge in [-0.2, -0.15) is 0 Å². The van der Waals surface area contributed by atoms with E-state index in [1.807, 2.05) is 12.1 Å². The normalized spacial score (nSPS) is 10.9. The predicted octanol–water partition coefficient (Wildman–Crippen LogP) is 4.44. The maximum atomic E-state index is 13.1. The Labute approximate surface area is 173 Å². The largest absolute Gasteiger partial charge is 0.355 e. The number of nitrogens with zero attached hydrogens (tertiary/aromatic N) is 2. The number of halogens is 1. The van der Waals surface area contributed by atoms with Gasteiger partial charge in [0.05, 0.1) is 22.3 Å². The summed E-state index contributed by atoms with van der Waals surface area (Å²) in [6.07, 6.45) is 3.17. The average molecular weight is 416 g/mol. The Bertz CT molecular complexity index is 1040. The van der Waals surface area contributed by atoms with E-state index >= 15 is 0 Å². The lowest BCUT2D eigenvalue weighted by molar-refractivity contribution is -0.118. The number of thioether (sulfide) groups is 1. The Morgan fingerprint density at radius 1 is 1.18 bits per heavy atom. The Hall–Kier alpha value is -2.31. The molecule has 0 saturated carbocycles. The van der Waals surface area contributed by atoms with Gasteiger partial charge in [0.2, 0.25) is 5.91 Å². The van der Waals surface area contributed by atoms with E-state index in [2.05, 4.69) is 17.2 Å². The molecule has 0 bridgehead atoms. The molecule has 146 valence electrons. The number of unbranched alkanes of at least 4 members (excludes halogenated alkanes) is 2. The molecule has 7 heteroatoms. The highest BCUT2D eigenvalue weighted by molar-refractivity contribution is 7.99. The molecule has 0 atom stereocenters. The lowest BCUT2D eigenvalue weighted by Crippen LogP contribution is -2.27. The highest BCUT2D eigenvalue weighted by Gasteiger charge is 2.15. The van der Waals surface area contributed by atoms with E-state index in [9.17, 15) is 9.59 Å². The summed E-state index contributed by atoms with van der Waals surface area (Å²) in [5.74, 6) is 0.124. The van der Waals surface area contributed by atoms with Crippen molar-refractivity contribution < 1.29 is 4.79 Å². The molecule has 0 radical (unpaired) electrons. The molecule has 2 aromatic carbocycles. The van der Waals surface area contributed by atoms with E-state index in [4.69, 9.17) is 11.6 Å². The van der Waals surface area contributed by atoms with E-state index in [1.165, 1.54) is 16.3 Å². The number of amides is 1. The third-order valence-corrected chi connectivity index (χ3v) is 5.42. The maximum absolute atomic E-state index is 13.1. The average Bonchev–Trinajstić information content (AvgIpc) is 2.70. The fourth-order valence-electron chi connectivity index (χ4n) is 2.84. The standard InChI is InChI=1S/C21H22ClN3O2S/c1-2-3-6-12-23-19(26)14-28-21-24-18-11-5-4-10-17(18)20(27)25(21)16-9-7-8-15(22)13-16/h4-5,7-11,13H,2-3,6,12,14H2,1H3,(H,23,26). The number of nitrogens with one attached hydrogen (secondary N) is 1. The van der Waals surface area contributed by atoms with Crippen molar-refractivity contribution in [2.24, 2.45) is 0 Å². The van der Waals surface area contributed by atoms with E-state index in [1.54, 1.807) is 36.4 Å². The molecule has 1 amide bonds. The van der Waals surface area contributed by atoms with Crippen LogP contribution in [0.3, 0.4) is 0 Å². The van der Waals surface area contributed by atoms with Gasteiger partial charge in [-0.1, -0.05) is 61.3 Å². The smallest absolute Gasteiger partial charge is 0.266 e. The highest BCUT2D eigenvalue weighted by Crippen LogP contribution is 2.22. The summed E-state index contributed by atoms with van der Waals surface area (Å²) < 4.78 is 1.52. The number of carbonyl (C=O) groups excluding carboxylic acids is 1. The van der Waals surface area contributed by atoms with Crippen LogP contribution in [0, 0.1) is 0 Å². The number of rotatable bonds is 8. The van der Waals surface area contributed by atoms with Gasteiger partial charge >= 0.3 is 0 Å². The number of hydrogen-bond donors (Lipinski definition) is 1. The lowest BCUT2D eigenvalue weighted by atomic mass is 10.2. The van der Waals surface area contributed by atoms with Crippen molar-refractivity contribution in [2.45, 2.75) is 31.3 Å². The molecular weight excluding hydrogens is 394 g/mol. The highest BCUT2D eigenvalue weighted by atomic mass is 35.5. The monoisotopic (exact) mass is 415 g/mol. The van der Waals surface area contributed by atoms with Crippen molar-refractivity contribution in [1.82, 2.24) is 14.9 Å². The van der Waals surface area contributed by atoms with Crippen LogP contribution in [0.4, 0.5) is 0 Å². The molecule has 0 saturated heterocycles. The van der Waals surface area contributed by atoms with Crippen LogP contribution in [0.2, 0.25) is 5.02 Å². The van der Waals surface area contributed by atoms with Gasteiger partial charge in [-0.05, 0) is 36.8 Å². The third-order valence-electron chi connectivity index (χ3n) is 4.25. The van der Waals surface area contributed by atoms with Gasteiger partial charge in [0, 0.05) is 11.6 Å². The van der Waals surface area contributed by atoms with Crippen LogP contribution in [0.5, 0.6) is 0 Å². The summed E-state index contributed by atoms with van der Waals surface area (Å²) in [7, 11) is 0. The topological polar surface area (TPSA) is 64.0 Å². The van der Waals surface area contributed by atoms with Crippen molar-refractivity contribution >= 4 is 40.2 Å². The van der Waals surface area contributed by atoms with Crippen LogP contribution in [-0.2, 0) is 4.79 Å². The Morgan fingerprint density at radius 2 is 2.00 bits per heavy atom. The minimum atomic E-state index is -0.182. The van der Waals surface area contributed by atoms with Crippen molar-refractivity contribution in [2.75, 3.05) is 12.3 Å².